The number of fused-ring (bicyclic) bond motifs is 2. The van der Waals surface area contributed by atoms with E-state index in [2.05, 4.69) is 14.4 Å². The lowest BCUT2D eigenvalue weighted by Gasteiger charge is -2.54. The highest BCUT2D eigenvalue weighted by Crippen LogP contribution is 2.43. The van der Waals surface area contributed by atoms with E-state index in [9.17, 15) is 15.0 Å². The molecule has 10 heteroatoms. The van der Waals surface area contributed by atoms with Crippen LogP contribution in [0, 0.1) is 0 Å². The second-order valence-electron chi connectivity index (χ2n) is 9.98. The van der Waals surface area contributed by atoms with Crippen LogP contribution in [-0.4, -0.2) is 82.7 Å². The highest BCUT2D eigenvalue weighted by molar-refractivity contribution is 5.96. The van der Waals surface area contributed by atoms with Gasteiger partial charge < -0.3 is 33.9 Å². The number of benzene rings is 2. The number of phenols is 2. The number of hydrogen-bond donors (Lipinski definition) is 2. The lowest BCUT2D eigenvalue weighted by Crippen LogP contribution is -2.64. The Bertz CT molecular complexity index is 1340. The number of esters is 1. The van der Waals surface area contributed by atoms with Crippen molar-refractivity contribution in [2.24, 2.45) is 0 Å². The average molecular weight is 509 g/mol. The highest BCUT2D eigenvalue weighted by Gasteiger charge is 2.44. The summed E-state index contributed by atoms with van der Waals surface area (Å²) < 4.78 is 18.5. The number of aromatic hydroxyl groups is 2. The number of nitrogens with zero attached hydrogens (tertiary/aromatic N) is 4. The van der Waals surface area contributed by atoms with E-state index in [-0.39, 0.29) is 23.6 Å². The molecule has 0 spiro atoms. The van der Waals surface area contributed by atoms with Crippen LogP contribution in [0.1, 0.15) is 35.4 Å². The van der Waals surface area contributed by atoms with Crippen LogP contribution in [0.5, 0.6) is 17.2 Å². The van der Waals surface area contributed by atoms with Crippen LogP contribution in [0.25, 0.3) is 11.0 Å². The normalized spacial score (nSPS) is 23.3. The molecule has 1 aliphatic carbocycles. The molecule has 0 amide bonds. The maximum Gasteiger partial charge on any atom is 0.338 e. The third kappa shape index (κ3) is 4.04. The summed E-state index contributed by atoms with van der Waals surface area (Å²) in [6.07, 6.45) is 3.19. The molecule has 0 bridgehead atoms. The van der Waals surface area contributed by atoms with Gasteiger partial charge in [0.05, 0.1) is 50.2 Å². The number of piperazine rings is 1. The van der Waals surface area contributed by atoms with E-state index in [1.807, 2.05) is 12.1 Å². The molecule has 3 fully saturated rings. The molecule has 1 saturated carbocycles. The molecular formula is C27H32N4O6. The number of phenolic OH excluding ortho intramolecular Hbond substituents is 2. The second kappa shape index (κ2) is 9.42. The van der Waals surface area contributed by atoms with Crippen molar-refractivity contribution in [3.63, 3.8) is 0 Å². The Kier molecular flexibility index (Phi) is 6.08. The van der Waals surface area contributed by atoms with Crippen LogP contribution < -0.4 is 9.64 Å². The monoisotopic (exact) mass is 508 g/mol. The van der Waals surface area contributed by atoms with E-state index < -0.39 is 5.97 Å². The fraction of sp³-hybridized carbons (Fsp3) is 0.481. The van der Waals surface area contributed by atoms with Crippen LogP contribution >= 0.6 is 0 Å². The van der Waals surface area contributed by atoms with E-state index >= 15 is 0 Å². The van der Waals surface area contributed by atoms with Gasteiger partial charge in [0.15, 0.2) is 11.5 Å². The van der Waals surface area contributed by atoms with Crippen molar-refractivity contribution in [2.75, 3.05) is 38.8 Å². The number of methoxy groups -OCH3 is 2. The summed E-state index contributed by atoms with van der Waals surface area (Å²) in [4.78, 5) is 22.0. The fourth-order valence-corrected chi connectivity index (χ4v) is 5.84. The summed E-state index contributed by atoms with van der Waals surface area (Å²) in [6.45, 7) is 3.60. The number of ether oxygens (including phenoxy) is 3. The zero-order chi connectivity index (χ0) is 25.7. The Balaban J connectivity index is 1.32. The van der Waals surface area contributed by atoms with Gasteiger partial charge in [0, 0.05) is 31.8 Å². The third-order valence-corrected chi connectivity index (χ3v) is 8.07. The molecule has 196 valence electrons. The van der Waals surface area contributed by atoms with Crippen LogP contribution in [-0.2, 0) is 22.6 Å². The van der Waals surface area contributed by atoms with E-state index in [0.717, 1.165) is 55.8 Å². The Hall–Kier alpha value is -3.50. The van der Waals surface area contributed by atoms with Crippen molar-refractivity contribution in [2.45, 2.75) is 50.5 Å². The van der Waals surface area contributed by atoms with Gasteiger partial charge in [-0.15, -0.1) is 0 Å². The second-order valence-corrected chi connectivity index (χ2v) is 9.98. The molecule has 3 unspecified atom stereocenters. The van der Waals surface area contributed by atoms with E-state index in [1.54, 1.807) is 19.2 Å². The van der Waals surface area contributed by atoms with Gasteiger partial charge in [0.1, 0.15) is 17.1 Å². The third-order valence-electron chi connectivity index (χ3n) is 8.07. The van der Waals surface area contributed by atoms with Crippen molar-refractivity contribution >= 4 is 22.7 Å². The molecule has 2 aliphatic heterocycles. The van der Waals surface area contributed by atoms with Gasteiger partial charge in [-0.1, -0.05) is 6.07 Å². The molecule has 3 aromatic rings. The van der Waals surface area contributed by atoms with Crippen LogP contribution in [0.15, 0.2) is 30.3 Å². The number of para-hydroxylation sites is 1. The average Bonchev–Trinajstić information content (AvgIpc) is 3.19. The van der Waals surface area contributed by atoms with Gasteiger partial charge in [-0.2, -0.15) is 0 Å². The zero-order valence-electron chi connectivity index (χ0n) is 21.1. The standard InChI is InChI=1S/C27H32N4O6/c1-35-23-13-16(27(34)36-2)12-21-25(23)28-24(31(21)14-17-8-11-37-17)15-29-9-10-30(19-7-6-18(19)29)20-4-3-5-22(32)26(20)33/h3-5,12-13,17-19,32-33H,6-11,14-15H2,1-2H3. The molecule has 3 heterocycles. The maximum absolute atomic E-state index is 12.4. The number of hydrogen-bond acceptors (Lipinski definition) is 9. The summed E-state index contributed by atoms with van der Waals surface area (Å²) in [7, 11) is 2.95. The Morgan fingerprint density at radius 2 is 1.95 bits per heavy atom. The smallest absolute Gasteiger partial charge is 0.338 e. The number of anilines is 1. The molecular weight excluding hydrogens is 476 g/mol. The van der Waals surface area contributed by atoms with Crippen molar-refractivity contribution in [1.29, 1.82) is 0 Å². The predicted molar refractivity (Wildman–Crippen MR) is 136 cm³/mol. The molecule has 37 heavy (non-hydrogen) atoms. The van der Waals surface area contributed by atoms with Crippen LogP contribution in [0.2, 0.25) is 0 Å². The van der Waals surface area contributed by atoms with E-state index in [0.29, 0.717) is 36.1 Å². The minimum absolute atomic E-state index is 0.0580. The van der Waals surface area contributed by atoms with Crippen molar-refractivity contribution in [3.8, 4) is 17.2 Å². The van der Waals surface area contributed by atoms with Gasteiger partial charge in [-0.3, -0.25) is 4.90 Å². The topological polar surface area (TPSA) is 110 Å². The van der Waals surface area contributed by atoms with Crippen LogP contribution in [0.3, 0.4) is 0 Å². The highest BCUT2D eigenvalue weighted by atomic mass is 16.5. The number of imidazole rings is 1. The largest absolute Gasteiger partial charge is 0.504 e. The van der Waals surface area contributed by atoms with Gasteiger partial charge >= 0.3 is 5.97 Å². The molecule has 10 nitrogen and oxygen atoms in total. The van der Waals surface area contributed by atoms with Crippen molar-refractivity contribution < 1.29 is 29.2 Å². The molecule has 2 N–H and O–H groups in total. The zero-order valence-corrected chi connectivity index (χ0v) is 21.1. The molecule has 2 aromatic carbocycles. The Labute approximate surface area is 215 Å². The lowest BCUT2D eigenvalue weighted by atomic mass is 9.81. The first-order valence-electron chi connectivity index (χ1n) is 12.8. The first kappa shape index (κ1) is 23.9. The number of aromatic nitrogens is 2. The number of carbonyl (C=O) groups is 1. The van der Waals surface area contributed by atoms with Crippen molar-refractivity contribution in [1.82, 2.24) is 14.5 Å². The molecule has 0 radical (unpaired) electrons. The Morgan fingerprint density at radius 1 is 1.14 bits per heavy atom. The van der Waals surface area contributed by atoms with Gasteiger partial charge in [0.2, 0.25) is 0 Å². The molecule has 3 atom stereocenters. The Morgan fingerprint density at radius 3 is 2.62 bits per heavy atom. The first-order valence-corrected chi connectivity index (χ1v) is 12.8. The summed E-state index contributed by atoms with van der Waals surface area (Å²) in [6, 6.07) is 9.22. The van der Waals surface area contributed by atoms with E-state index in [4.69, 9.17) is 19.2 Å². The molecule has 6 rings (SSSR count). The predicted octanol–water partition coefficient (Wildman–Crippen LogP) is 2.88. The van der Waals surface area contributed by atoms with Gasteiger partial charge in [-0.05, 0) is 43.5 Å². The fourth-order valence-electron chi connectivity index (χ4n) is 5.84. The molecule has 2 saturated heterocycles. The summed E-state index contributed by atoms with van der Waals surface area (Å²) in [5, 5.41) is 20.5. The quantitative estimate of drug-likeness (QED) is 0.368. The summed E-state index contributed by atoms with van der Waals surface area (Å²) in [5.74, 6) is 0.877. The lowest BCUT2D eigenvalue weighted by molar-refractivity contribution is -0.0594. The summed E-state index contributed by atoms with van der Waals surface area (Å²) >= 11 is 0. The summed E-state index contributed by atoms with van der Waals surface area (Å²) in [5.41, 5.74) is 2.66. The van der Waals surface area contributed by atoms with Crippen molar-refractivity contribution in [3.05, 3.63) is 41.7 Å². The minimum Gasteiger partial charge on any atom is -0.504 e. The maximum atomic E-state index is 12.4. The SMILES string of the molecule is COC(=O)c1cc(OC)c2nc(CN3CCN(c4cccc(O)c4O)C4CCC43)n(CC3CCO3)c2c1. The van der Waals surface area contributed by atoms with Gasteiger partial charge in [0.25, 0.3) is 0 Å². The van der Waals surface area contributed by atoms with E-state index in [1.165, 1.54) is 13.2 Å². The molecule has 1 aromatic heterocycles. The first-order chi connectivity index (χ1) is 18.0. The molecule has 3 aliphatic rings. The van der Waals surface area contributed by atoms with Crippen LogP contribution in [0.4, 0.5) is 5.69 Å². The minimum atomic E-state index is -0.418. The number of carbonyl (C=O) groups excluding carboxylic acids is 1. The number of rotatable bonds is 7. The van der Waals surface area contributed by atoms with Gasteiger partial charge in [-0.25, -0.2) is 9.78 Å².